The first-order chi connectivity index (χ1) is 20.9. The van der Waals surface area contributed by atoms with Crippen molar-refractivity contribution >= 4 is 19.8 Å². The van der Waals surface area contributed by atoms with E-state index in [1.165, 1.54) is 38.5 Å². The van der Waals surface area contributed by atoms with Crippen molar-refractivity contribution < 1.29 is 63.1 Å². The second kappa shape index (κ2) is 23.2. The largest absolute Gasteiger partial charge is 0.472 e. The number of esters is 2. The van der Waals surface area contributed by atoms with Crippen LogP contribution in [0.3, 0.4) is 0 Å². The molecule has 0 aromatic carbocycles. The normalized spacial score (nSPS) is 25.7. The third-order valence-corrected chi connectivity index (χ3v) is 8.68. The summed E-state index contributed by atoms with van der Waals surface area (Å²) >= 11 is 0. The van der Waals surface area contributed by atoms with E-state index < -0.39 is 75.7 Å². The number of hydrogen-bond acceptors (Lipinski definition) is 12. The molecule has 1 aliphatic rings. The summed E-state index contributed by atoms with van der Waals surface area (Å²) in [7, 11) is -5.08. The average Bonchev–Trinajstić information content (AvgIpc) is 2.99. The molecule has 0 radical (unpaired) electrons. The van der Waals surface area contributed by atoms with Gasteiger partial charge in [-0.15, -0.1) is 0 Å². The van der Waals surface area contributed by atoms with E-state index in [0.29, 0.717) is 12.8 Å². The van der Waals surface area contributed by atoms with E-state index in [1.807, 2.05) is 6.92 Å². The highest BCUT2D eigenvalue weighted by Gasteiger charge is 2.51. The van der Waals surface area contributed by atoms with Gasteiger partial charge in [-0.3, -0.25) is 18.6 Å². The molecule has 1 aliphatic carbocycles. The summed E-state index contributed by atoms with van der Waals surface area (Å²) in [5.41, 5.74) is 0. The summed E-state index contributed by atoms with van der Waals surface area (Å²) in [6.45, 7) is 3.08. The van der Waals surface area contributed by atoms with Crippen LogP contribution in [0.25, 0.3) is 0 Å². The van der Waals surface area contributed by atoms with Crippen LogP contribution in [-0.2, 0) is 32.7 Å². The number of ether oxygens (including phenoxy) is 2. The van der Waals surface area contributed by atoms with E-state index in [1.54, 1.807) is 0 Å². The SMILES string of the molecule is CCCCCCCCCCCCCC(=O)OC(COC(=O)CCCCCC)COP(=O)(O)OC1C(O)C(O)C(O)C(O)C1O. The van der Waals surface area contributed by atoms with Gasteiger partial charge in [-0.2, -0.15) is 0 Å². The van der Waals surface area contributed by atoms with Crippen molar-refractivity contribution in [1.82, 2.24) is 0 Å². The monoisotopic (exact) mass is 656 g/mol. The zero-order chi connectivity index (χ0) is 33.0. The Morgan fingerprint density at radius 1 is 0.614 bits per heavy atom. The molecule has 0 saturated heterocycles. The summed E-state index contributed by atoms with van der Waals surface area (Å²) in [6, 6.07) is 0. The third kappa shape index (κ3) is 17.0. The van der Waals surface area contributed by atoms with E-state index >= 15 is 0 Å². The van der Waals surface area contributed by atoms with Gasteiger partial charge in [0.25, 0.3) is 0 Å². The molecule has 1 rings (SSSR count). The first-order valence-corrected chi connectivity index (χ1v) is 17.8. The molecule has 13 nitrogen and oxygen atoms in total. The van der Waals surface area contributed by atoms with Gasteiger partial charge in [0, 0.05) is 12.8 Å². The van der Waals surface area contributed by atoms with Crippen molar-refractivity contribution in [1.29, 1.82) is 0 Å². The topological polar surface area (TPSA) is 210 Å². The number of carbonyl (C=O) groups excluding carboxylic acids is 2. The van der Waals surface area contributed by atoms with E-state index in [4.69, 9.17) is 18.5 Å². The number of aliphatic hydroxyl groups excluding tert-OH is 5. The van der Waals surface area contributed by atoms with Crippen LogP contribution in [-0.4, -0.2) is 98.3 Å². The average molecular weight is 657 g/mol. The Hall–Kier alpha value is -1.15. The molecule has 6 unspecified atom stereocenters. The van der Waals surface area contributed by atoms with Crippen molar-refractivity contribution in [3.05, 3.63) is 0 Å². The molecule has 0 heterocycles. The Morgan fingerprint density at radius 2 is 1.02 bits per heavy atom. The smallest absolute Gasteiger partial charge is 0.462 e. The molecule has 0 aromatic rings. The quantitative estimate of drug-likeness (QED) is 0.0473. The molecule has 14 heteroatoms. The maximum Gasteiger partial charge on any atom is 0.472 e. The molecule has 260 valence electrons. The van der Waals surface area contributed by atoms with Gasteiger partial charge in [-0.1, -0.05) is 97.3 Å². The molecule has 0 bridgehead atoms. The minimum Gasteiger partial charge on any atom is -0.462 e. The molecule has 6 N–H and O–H groups in total. The van der Waals surface area contributed by atoms with E-state index in [0.717, 1.165) is 44.9 Å². The highest BCUT2D eigenvalue weighted by molar-refractivity contribution is 7.47. The van der Waals surface area contributed by atoms with Gasteiger partial charge < -0.3 is 39.9 Å². The van der Waals surface area contributed by atoms with Gasteiger partial charge in [0.15, 0.2) is 6.10 Å². The Balaban J connectivity index is 2.58. The van der Waals surface area contributed by atoms with Crippen LogP contribution in [0.5, 0.6) is 0 Å². The van der Waals surface area contributed by atoms with Gasteiger partial charge in [0.1, 0.15) is 43.2 Å². The summed E-state index contributed by atoms with van der Waals surface area (Å²) in [5.74, 6) is -1.12. The van der Waals surface area contributed by atoms with Gasteiger partial charge in [-0.25, -0.2) is 4.57 Å². The predicted molar refractivity (Wildman–Crippen MR) is 161 cm³/mol. The number of rotatable bonds is 25. The lowest BCUT2D eigenvalue weighted by Gasteiger charge is -2.41. The first-order valence-electron chi connectivity index (χ1n) is 16.3. The summed E-state index contributed by atoms with van der Waals surface area (Å²) in [6.07, 6.45) is 2.81. The van der Waals surface area contributed by atoms with Crippen LogP contribution in [0.2, 0.25) is 0 Å². The standard InChI is InChI=1S/C30H57O13P/c1-3-5-7-9-10-11-12-13-14-15-17-19-24(32)42-22(20-40-23(31)18-16-8-6-4-2)21-41-44(38,39)43-30-28(36)26(34)25(33)27(35)29(30)37/h22,25-30,33-37H,3-21H2,1-2H3,(H,38,39). The highest BCUT2D eigenvalue weighted by Crippen LogP contribution is 2.47. The van der Waals surface area contributed by atoms with Crippen molar-refractivity contribution in [3.8, 4) is 0 Å². The van der Waals surface area contributed by atoms with Crippen molar-refractivity contribution in [2.75, 3.05) is 13.2 Å². The zero-order valence-corrected chi connectivity index (χ0v) is 27.4. The lowest BCUT2D eigenvalue weighted by atomic mass is 9.85. The fourth-order valence-corrected chi connectivity index (χ4v) is 5.90. The lowest BCUT2D eigenvalue weighted by Crippen LogP contribution is -2.64. The summed E-state index contributed by atoms with van der Waals surface area (Å²) in [5, 5.41) is 49.5. The van der Waals surface area contributed by atoms with Crippen LogP contribution in [0, 0.1) is 0 Å². The van der Waals surface area contributed by atoms with Gasteiger partial charge in [-0.05, 0) is 12.8 Å². The van der Waals surface area contributed by atoms with Gasteiger partial charge in [0.2, 0.25) is 0 Å². The molecule has 0 amide bonds. The van der Waals surface area contributed by atoms with Crippen molar-refractivity contribution in [3.63, 3.8) is 0 Å². The number of phosphoric ester groups is 1. The second-order valence-corrected chi connectivity index (χ2v) is 13.1. The van der Waals surface area contributed by atoms with Crippen LogP contribution in [0.1, 0.15) is 123 Å². The van der Waals surface area contributed by atoms with Crippen molar-refractivity contribution in [2.24, 2.45) is 0 Å². The van der Waals surface area contributed by atoms with Crippen LogP contribution >= 0.6 is 7.82 Å². The molecule has 0 aliphatic heterocycles. The van der Waals surface area contributed by atoms with E-state index in [2.05, 4.69) is 6.92 Å². The molecular formula is C30H57O13P. The van der Waals surface area contributed by atoms with Crippen LogP contribution in [0.15, 0.2) is 0 Å². The summed E-state index contributed by atoms with van der Waals surface area (Å²) < 4.78 is 32.9. The number of unbranched alkanes of at least 4 members (excludes halogenated alkanes) is 13. The minimum absolute atomic E-state index is 0.102. The number of carbonyl (C=O) groups is 2. The number of aliphatic hydroxyl groups is 5. The minimum atomic E-state index is -5.08. The molecule has 1 saturated carbocycles. The molecule has 1 fully saturated rings. The Bertz CT molecular complexity index is 813. The van der Waals surface area contributed by atoms with Crippen molar-refractivity contribution in [2.45, 2.75) is 166 Å². The number of phosphoric acid groups is 1. The lowest BCUT2D eigenvalue weighted by molar-refractivity contribution is -0.220. The van der Waals surface area contributed by atoms with Gasteiger partial charge >= 0.3 is 19.8 Å². The Labute approximate surface area is 261 Å². The maximum atomic E-state index is 12.6. The first kappa shape index (κ1) is 40.9. The number of hydrogen-bond donors (Lipinski definition) is 6. The van der Waals surface area contributed by atoms with Gasteiger partial charge in [0.05, 0.1) is 6.61 Å². The maximum absolute atomic E-state index is 12.6. The third-order valence-electron chi connectivity index (χ3n) is 7.70. The molecular weight excluding hydrogens is 599 g/mol. The summed E-state index contributed by atoms with van der Waals surface area (Å²) in [4.78, 5) is 34.9. The predicted octanol–water partition coefficient (Wildman–Crippen LogP) is 3.43. The fourth-order valence-electron chi connectivity index (χ4n) is 4.93. The zero-order valence-electron chi connectivity index (χ0n) is 26.5. The van der Waals surface area contributed by atoms with Crippen LogP contribution < -0.4 is 0 Å². The van der Waals surface area contributed by atoms with E-state index in [-0.39, 0.29) is 12.8 Å². The van der Waals surface area contributed by atoms with Crippen LogP contribution in [0.4, 0.5) is 0 Å². The molecule has 44 heavy (non-hydrogen) atoms. The molecule has 0 spiro atoms. The Morgan fingerprint density at radius 3 is 1.52 bits per heavy atom. The second-order valence-electron chi connectivity index (χ2n) is 11.7. The van der Waals surface area contributed by atoms with E-state index in [9.17, 15) is 44.6 Å². The highest BCUT2D eigenvalue weighted by atomic mass is 31.2. The fraction of sp³-hybridized carbons (Fsp3) is 0.933. The Kier molecular flexibility index (Phi) is 21.6. The molecule has 0 aromatic heterocycles. The molecule has 6 atom stereocenters.